The van der Waals surface area contributed by atoms with E-state index in [4.69, 9.17) is 11.0 Å². The Balaban J connectivity index is 1.42. The maximum absolute atomic E-state index is 9.10. The number of nitrogens with two attached hydrogens (primary N) is 1. The van der Waals surface area contributed by atoms with Crippen LogP contribution in [0.2, 0.25) is 0 Å². The maximum Gasteiger partial charge on any atom is 0.161 e. The van der Waals surface area contributed by atoms with Crippen LogP contribution in [0.4, 0.5) is 5.69 Å². The summed E-state index contributed by atoms with van der Waals surface area (Å²) in [6.07, 6.45) is 7.26. The van der Waals surface area contributed by atoms with Crippen LogP contribution in [0.15, 0.2) is 67.1 Å². The molecule has 158 valence electrons. The lowest BCUT2D eigenvalue weighted by molar-refractivity contribution is 0.602. The molecule has 2 aliphatic heterocycles. The largest absolute Gasteiger partial charge is 0.371 e. The number of fused-ring (bicyclic) bond motifs is 5. The van der Waals surface area contributed by atoms with Gasteiger partial charge >= 0.3 is 0 Å². The van der Waals surface area contributed by atoms with Gasteiger partial charge in [0, 0.05) is 49.5 Å². The van der Waals surface area contributed by atoms with Gasteiger partial charge in [-0.25, -0.2) is 4.98 Å². The van der Waals surface area contributed by atoms with E-state index in [0.29, 0.717) is 11.5 Å². The van der Waals surface area contributed by atoms with Gasteiger partial charge in [-0.3, -0.25) is 4.57 Å². The van der Waals surface area contributed by atoms with Gasteiger partial charge in [-0.2, -0.15) is 5.26 Å². The van der Waals surface area contributed by atoms with Gasteiger partial charge in [0.1, 0.15) is 0 Å². The third kappa shape index (κ3) is 3.02. The average Bonchev–Trinajstić information content (AvgIpc) is 3.57. The van der Waals surface area contributed by atoms with Gasteiger partial charge in [0.25, 0.3) is 0 Å². The number of hydrogen-bond donors (Lipinski definition) is 1. The van der Waals surface area contributed by atoms with Crippen molar-refractivity contribution in [2.75, 3.05) is 24.5 Å². The number of anilines is 1. The molecule has 2 aromatic carbocycles. The van der Waals surface area contributed by atoms with E-state index in [0.717, 1.165) is 55.2 Å². The maximum atomic E-state index is 9.10. The standard InChI is InChI=1S/C26H24N6/c27-13-18-1-3-20(4-2-18)21-12-25-26-29-8-10-32(26)24-6-5-23(11-22(24)17-31(25)16-21)30-9-7-19(14-28)15-30/h1-6,8,10-12,16,19H,7,9,14-15,17,28H2/t19-/m1/s1. The fourth-order valence-electron chi connectivity index (χ4n) is 4.98. The summed E-state index contributed by atoms with van der Waals surface area (Å²) < 4.78 is 4.47. The Morgan fingerprint density at radius 3 is 2.75 bits per heavy atom. The SMILES string of the molecule is N#Cc1ccc(-c2cc3n(c2)Cc2cc(N4CC[C@H](CN)C4)ccc2-n2ccnc2-3)cc1. The lowest BCUT2D eigenvalue weighted by Gasteiger charge is -2.21. The molecular formula is C26H24N6. The summed E-state index contributed by atoms with van der Waals surface area (Å²) in [5.41, 5.74) is 13.6. The lowest BCUT2D eigenvalue weighted by atomic mass is 10.1. The minimum absolute atomic E-state index is 0.583. The molecule has 6 rings (SSSR count). The molecule has 2 aliphatic rings. The second-order valence-electron chi connectivity index (χ2n) is 8.70. The van der Waals surface area contributed by atoms with Crippen molar-refractivity contribution in [3.63, 3.8) is 0 Å². The van der Waals surface area contributed by atoms with Crippen molar-refractivity contribution < 1.29 is 0 Å². The molecule has 0 saturated carbocycles. The van der Waals surface area contributed by atoms with Crippen molar-refractivity contribution in [3.8, 4) is 34.4 Å². The molecule has 0 aliphatic carbocycles. The predicted octanol–water partition coefficient (Wildman–Crippen LogP) is 4.03. The van der Waals surface area contributed by atoms with Gasteiger partial charge in [-0.15, -0.1) is 0 Å². The molecule has 0 amide bonds. The normalized spacial score (nSPS) is 16.8. The summed E-state index contributed by atoms with van der Waals surface area (Å²) in [5, 5.41) is 9.10. The number of nitriles is 1. The summed E-state index contributed by atoms with van der Waals surface area (Å²) in [6.45, 7) is 3.63. The Labute approximate surface area is 187 Å². The molecule has 32 heavy (non-hydrogen) atoms. The zero-order valence-corrected chi connectivity index (χ0v) is 17.8. The first-order valence-electron chi connectivity index (χ1n) is 11.1. The molecule has 2 N–H and O–H groups in total. The molecule has 0 spiro atoms. The van der Waals surface area contributed by atoms with Gasteiger partial charge in [-0.05, 0) is 66.4 Å². The van der Waals surface area contributed by atoms with E-state index >= 15 is 0 Å². The molecule has 1 saturated heterocycles. The van der Waals surface area contributed by atoms with Crippen molar-refractivity contribution >= 4 is 5.69 Å². The van der Waals surface area contributed by atoms with Crippen molar-refractivity contribution in [3.05, 3.63) is 78.2 Å². The molecule has 0 bridgehead atoms. The molecule has 0 radical (unpaired) electrons. The van der Waals surface area contributed by atoms with E-state index in [1.54, 1.807) is 0 Å². The second-order valence-corrected chi connectivity index (χ2v) is 8.70. The van der Waals surface area contributed by atoms with Crippen LogP contribution < -0.4 is 10.6 Å². The quantitative estimate of drug-likeness (QED) is 0.478. The first-order chi connectivity index (χ1) is 15.7. The van der Waals surface area contributed by atoms with Crippen LogP contribution in [0.1, 0.15) is 17.5 Å². The molecule has 1 fully saturated rings. The Hall–Kier alpha value is -3.82. The van der Waals surface area contributed by atoms with E-state index in [2.05, 4.69) is 55.5 Å². The van der Waals surface area contributed by atoms with Gasteiger partial charge < -0.3 is 15.2 Å². The van der Waals surface area contributed by atoms with E-state index in [1.165, 1.54) is 16.9 Å². The van der Waals surface area contributed by atoms with Crippen LogP contribution in [-0.2, 0) is 6.54 Å². The summed E-state index contributed by atoms with van der Waals surface area (Å²) in [7, 11) is 0. The summed E-state index contributed by atoms with van der Waals surface area (Å²) in [4.78, 5) is 7.14. The van der Waals surface area contributed by atoms with Gasteiger partial charge in [0.15, 0.2) is 5.82 Å². The Morgan fingerprint density at radius 2 is 1.97 bits per heavy atom. The van der Waals surface area contributed by atoms with Crippen molar-refractivity contribution in [1.29, 1.82) is 5.26 Å². The van der Waals surface area contributed by atoms with Crippen LogP contribution in [0.25, 0.3) is 28.3 Å². The van der Waals surface area contributed by atoms with Crippen molar-refractivity contribution in [2.45, 2.75) is 13.0 Å². The lowest BCUT2D eigenvalue weighted by Crippen LogP contribution is -2.22. The van der Waals surface area contributed by atoms with Gasteiger partial charge in [0.05, 0.1) is 23.0 Å². The zero-order valence-electron chi connectivity index (χ0n) is 17.8. The van der Waals surface area contributed by atoms with Gasteiger partial charge in [-0.1, -0.05) is 12.1 Å². The Kier molecular flexibility index (Phi) is 4.37. The molecule has 4 aromatic rings. The third-order valence-electron chi connectivity index (χ3n) is 6.76. The topological polar surface area (TPSA) is 75.8 Å². The van der Waals surface area contributed by atoms with Crippen molar-refractivity contribution in [1.82, 2.24) is 14.1 Å². The highest BCUT2D eigenvalue weighted by molar-refractivity contribution is 5.72. The number of benzene rings is 2. The Bertz CT molecular complexity index is 1340. The average molecular weight is 421 g/mol. The molecule has 2 aromatic heterocycles. The monoisotopic (exact) mass is 420 g/mol. The van der Waals surface area contributed by atoms with Crippen LogP contribution in [0.3, 0.4) is 0 Å². The molecule has 6 heteroatoms. The number of nitrogens with zero attached hydrogens (tertiary/aromatic N) is 5. The number of aromatic nitrogens is 3. The number of rotatable bonds is 3. The minimum atomic E-state index is 0.583. The predicted molar refractivity (Wildman–Crippen MR) is 126 cm³/mol. The van der Waals surface area contributed by atoms with Crippen LogP contribution in [0.5, 0.6) is 0 Å². The van der Waals surface area contributed by atoms with Gasteiger partial charge in [0.2, 0.25) is 0 Å². The number of imidazole rings is 1. The summed E-state index contributed by atoms with van der Waals surface area (Å²) >= 11 is 0. The van der Waals surface area contributed by atoms with E-state index in [1.807, 2.05) is 36.7 Å². The van der Waals surface area contributed by atoms with Crippen LogP contribution in [0, 0.1) is 17.2 Å². The van der Waals surface area contributed by atoms with E-state index in [-0.39, 0.29) is 0 Å². The Morgan fingerprint density at radius 1 is 1.09 bits per heavy atom. The first kappa shape index (κ1) is 18.9. The minimum Gasteiger partial charge on any atom is -0.371 e. The zero-order chi connectivity index (χ0) is 21.7. The fourth-order valence-corrected chi connectivity index (χ4v) is 4.98. The first-order valence-corrected chi connectivity index (χ1v) is 11.1. The fraction of sp³-hybridized carbons (Fsp3) is 0.231. The summed E-state index contributed by atoms with van der Waals surface area (Å²) in [5.74, 6) is 1.53. The van der Waals surface area contributed by atoms with E-state index < -0.39 is 0 Å². The molecular weight excluding hydrogens is 396 g/mol. The highest BCUT2D eigenvalue weighted by atomic mass is 15.2. The van der Waals surface area contributed by atoms with E-state index in [9.17, 15) is 0 Å². The smallest absolute Gasteiger partial charge is 0.161 e. The highest BCUT2D eigenvalue weighted by Crippen LogP contribution is 2.36. The van der Waals surface area contributed by atoms with Crippen LogP contribution in [-0.4, -0.2) is 33.8 Å². The molecule has 0 unspecified atom stereocenters. The highest BCUT2D eigenvalue weighted by Gasteiger charge is 2.25. The van der Waals surface area contributed by atoms with Crippen molar-refractivity contribution in [2.24, 2.45) is 11.7 Å². The molecule has 1 atom stereocenters. The van der Waals surface area contributed by atoms with Crippen LogP contribution >= 0.6 is 0 Å². The molecule has 6 nitrogen and oxygen atoms in total. The molecule has 4 heterocycles. The number of hydrogen-bond acceptors (Lipinski definition) is 4. The second kappa shape index (κ2) is 7.40. The summed E-state index contributed by atoms with van der Waals surface area (Å²) in [6, 6.07) is 18.9. The third-order valence-corrected chi connectivity index (χ3v) is 6.76.